The maximum absolute atomic E-state index is 5.59. The monoisotopic (exact) mass is 267 g/mol. The van der Waals surface area contributed by atoms with E-state index in [-0.39, 0.29) is 0 Å². The second-order valence-electron chi connectivity index (χ2n) is 5.06. The number of nitrogens with two attached hydrogens (primary N) is 1. The van der Waals surface area contributed by atoms with Crippen molar-refractivity contribution in [2.45, 2.75) is 25.8 Å². The summed E-state index contributed by atoms with van der Waals surface area (Å²) in [5.41, 5.74) is 5.59. The van der Waals surface area contributed by atoms with E-state index in [1.165, 1.54) is 37.5 Å². The summed E-state index contributed by atoms with van der Waals surface area (Å²) in [4.78, 5) is 6.67. The SMILES string of the molecule is CC(c1cccs1)N1CCCN(CCCN)CC1. The lowest BCUT2D eigenvalue weighted by Gasteiger charge is -2.27. The fourth-order valence-corrected chi connectivity index (χ4v) is 3.44. The van der Waals surface area contributed by atoms with Crippen molar-refractivity contribution >= 4 is 11.3 Å². The number of nitrogens with zero attached hydrogens (tertiary/aromatic N) is 2. The van der Waals surface area contributed by atoms with E-state index in [0.717, 1.165) is 19.5 Å². The van der Waals surface area contributed by atoms with Crippen molar-refractivity contribution < 1.29 is 0 Å². The highest BCUT2D eigenvalue weighted by atomic mass is 32.1. The van der Waals surface area contributed by atoms with E-state index in [9.17, 15) is 0 Å². The predicted octanol–water partition coefficient (Wildman–Crippen LogP) is 2.17. The minimum Gasteiger partial charge on any atom is -0.330 e. The van der Waals surface area contributed by atoms with Crippen LogP contribution in [0.5, 0.6) is 0 Å². The summed E-state index contributed by atoms with van der Waals surface area (Å²) in [5.74, 6) is 0. The van der Waals surface area contributed by atoms with Crippen molar-refractivity contribution in [2.24, 2.45) is 5.73 Å². The molecule has 1 atom stereocenters. The van der Waals surface area contributed by atoms with Gasteiger partial charge in [-0.15, -0.1) is 11.3 Å². The van der Waals surface area contributed by atoms with Crippen LogP contribution in [0.3, 0.4) is 0 Å². The van der Waals surface area contributed by atoms with Crippen LogP contribution in [0.2, 0.25) is 0 Å². The lowest BCUT2D eigenvalue weighted by molar-refractivity contribution is 0.212. The standard InChI is InChI=1S/C14H25N3S/c1-13(14-5-2-12-18-14)17-9-4-8-16(10-11-17)7-3-6-15/h2,5,12-13H,3-4,6-11,15H2,1H3. The summed E-state index contributed by atoms with van der Waals surface area (Å²) >= 11 is 1.87. The predicted molar refractivity (Wildman–Crippen MR) is 79.0 cm³/mol. The maximum Gasteiger partial charge on any atom is 0.0413 e. The fraction of sp³-hybridized carbons (Fsp3) is 0.714. The van der Waals surface area contributed by atoms with Crippen molar-refractivity contribution in [2.75, 3.05) is 39.3 Å². The van der Waals surface area contributed by atoms with Gasteiger partial charge in [-0.1, -0.05) is 6.07 Å². The molecule has 0 saturated carbocycles. The van der Waals surface area contributed by atoms with Gasteiger partial charge in [0.2, 0.25) is 0 Å². The molecule has 0 aromatic carbocycles. The lowest BCUT2D eigenvalue weighted by Crippen LogP contribution is -2.33. The molecule has 0 spiro atoms. The summed E-state index contributed by atoms with van der Waals surface area (Å²) in [6.07, 6.45) is 2.40. The third-order valence-corrected chi connectivity index (χ3v) is 4.85. The molecular formula is C14H25N3S. The molecule has 2 heterocycles. The highest BCUT2D eigenvalue weighted by Gasteiger charge is 2.20. The summed E-state index contributed by atoms with van der Waals surface area (Å²) in [6, 6.07) is 4.98. The van der Waals surface area contributed by atoms with Gasteiger partial charge < -0.3 is 10.6 Å². The second kappa shape index (κ2) is 7.24. The van der Waals surface area contributed by atoms with Crippen molar-refractivity contribution in [3.05, 3.63) is 22.4 Å². The van der Waals surface area contributed by atoms with E-state index in [1.807, 2.05) is 11.3 Å². The van der Waals surface area contributed by atoms with Crippen LogP contribution in [0, 0.1) is 0 Å². The Morgan fingerprint density at radius 2 is 2.22 bits per heavy atom. The molecule has 0 bridgehead atoms. The topological polar surface area (TPSA) is 32.5 Å². The Kier molecular flexibility index (Phi) is 5.63. The highest BCUT2D eigenvalue weighted by molar-refractivity contribution is 7.10. The van der Waals surface area contributed by atoms with E-state index in [2.05, 4.69) is 34.2 Å². The molecule has 0 aliphatic carbocycles. The van der Waals surface area contributed by atoms with Gasteiger partial charge in [-0.25, -0.2) is 0 Å². The molecule has 18 heavy (non-hydrogen) atoms. The largest absolute Gasteiger partial charge is 0.330 e. The van der Waals surface area contributed by atoms with Crippen LogP contribution < -0.4 is 5.73 Å². The quantitative estimate of drug-likeness (QED) is 0.887. The zero-order valence-corrected chi connectivity index (χ0v) is 12.2. The van der Waals surface area contributed by atoms with E-state index in [0.29, 0.717) is 6.04 Å². The van der Waals surface area contributed by atoms with Gasteiger partial charge in [0, 0.05) is 30.6 Å². The molecule has 1 aliphatic rings. The third kappa shape index (κ3) is 3.79. The van der Waals surface area contributed by atoms with Gasteiger partial charge in [0.1, 0.15) is 0 Å². The minimum absolute atomic E-state index is 0.569. The zero-order chi connectivity index (χ0) is 12.8. The van der Waals surface area contributed by atoms with Gasteiger partial charge in [-0.3, -0.25) is 4.90 Å². The first-order valence-electron chi connectivity index (χ1n) is 7.01. The van der Waals surface area contributed by atoms with Crippen LogP contribution >= 0.6 is 11.3 Å². The Morgan fingerprint density at radius 1 is 1.33 bits per heavy atom. The summed E-state index contributed by atoms with van der Waals surface area (Å²) in [5, 5.41) is 2.18. The highest BCUT2D eigenvalue weighted by Crippen LogP contribution is 2.25. The van der Waals surface area contributed by atoms with Crippen molar-refractivity contribution in [1.82, 2.24) is 9.80 Å². The Labute approximate surface area is 115 Å². The second-order valence-corrected chi connectivity index (χ2v) is 6.04. The Hall–Kier alpha value is -0.420. The minimum atomic E-state index is 0.569. The van der Waals surface area contributed by atoms with Gasteiger partial charge in [0.15, 0.2) is 0 Å². The summed E-state index contributed by atoms with van der Waals surface area (Å²) < 4.78 is 0. The zero-order valence-electron chi connectivity index (χ0n) is 11.3. The van der Waals surface area contributed by atoms with Crippen LogP contribution in [0.4, 0.5) is 0 Å². The number of hydrogen-bond acceptors (Lipinski definition) is 4. The molecule has 2 N–H and O–H groups in total. The lowest BCUT2D eigenvalue weighted by atomic mass is 10.2. The van der Waals surface area contributed by atoms with Gasteiger partial charge >= 0.3 is 0 Å². The molecule has 1 aromatic heterocycles. The van der Waals surface area contributed by atoms with Crippen molar-refractivity contribution in [3.63, 3.8) is 0 Å². The molecule has 0 amide bonds. The van der Waals surface area contributed by atoms with Gasteiger partial charge in [-0.2, -0.15) is 0 Å². The van der Waals surface area contributed by atoms with Crippen LogP contribution in [0.15, 0.2) is 17.5 Å². The number of thiophene rings is 1. The van der Waals surface area contributed by atoms with Crippen molar-refractivity contribution in [3.8, 4) is 0 Å². The summed E-state index contributed by atoms with van der Waals surface area (Å²) in [7, 11) is 0. The smallest absolute Gasteiger partial charge is 0.0413 e. The first kappa shape index (κ1) is 14.0. The molecule has 0 radical (unpaired) electrons. The average Bonchev–Trinajstić information content (AvgIpc) is 2.82. The Bertz CT molecular complexity index is 326. The van der Waals surface area contributed by atoms with E-state index in [1.54, 1.807) is 0 Å². The summed E-state index contributed by atoms with van der Waals surface area (Å²) in [6.45, 7) is 9.14. The Balaban J connectivity index is 1.85. The first-order chi connectivity index (χ1) is 8.81. The average molecular weight is 267 g/mol. The molecule has 2 rings (SSSR count). The van der Waals surface area contributed by atoms with Gasteiger partial charge in [0.25, 0.3) is 0 Å². The molecule has 1 aromatic rings. The van der Waals surface area contributed by atoms with E-state index >= 15 is 0 Å². The normalized spacial score (nSPS) is 20.8. The van der Waals surface area contributed by atoms with Crippen LogP contribution in [0.1, 0.15) is 30.7 Å². The van der Waals surface area contributed by atoms with E-state index < -0.39 is 0 Å². The number of rotatable bonds is 5. The molecule has 1 saturated heterocycles. The van der Waals surface area contributed by atoms with Gasteiger partial charge in [0.05, 0.1) is 0 Å². The van der Waals surface area contributed by atoms with Crippen molar-refractivity contribution in [1.29, 1.82) is 0 Å². The molecule has 1 fully saturated rings. The number of hydrogen-bond donors (Lipinski definition) is 1. The maximum atomic E-state index is 5.59. The fourth-order valence-electron chi connectivity index (χ4n) is 2.63. The van der Waals surface area contributed by atoms with Crippen LogP contribution in [-0.2, 0) is 0 Å². The van der Waals surface area contributed by atoms with Crippen LogP contribution in [0.25, 0.3) is 0 Å². The molecule has 102 valence electrons. The Morgan fingerprint density at radius 3 is 2.94 bits per heavy atom. The first-order valence-corrected chi connectivity index (χ1v) is 7.89. The van der Waals surface area contributed by atoms with Gasteiger partial charge in [-0.05, 0) is 50.8 Å². The third-order valence-electron chi connectivity index (χ3n) is 3.80. The molecule has 1 aliphatic heterocycles. The molecular weight excluding hydrogens is 242 g/mol. The molecule has 1 unspecified atom stereocenters. The van der Waals surface area contributed by atoms with Crippen LogP contribution in [-0.4, -0.2) is 49.1 Å². The molecule has 3 nitrogen and oxygen atoms in total. The van der Waals surface area contributed by atoms with E-state index in [4.69, 9.17) is 5.73 Å². The molecule has 4 heteroatoms.